The van der Waals surface area contributed by atoms with Gasteiger partial charge in [0.1, 0.15) is 35.1 Å². The predicted molar refractivity (Wildman–Crippen MR) is 180 cm³/mol. The van der Waals surface area contributed by atoms with Crippen molar-refractivity contribution in [3.05, 3.63) is 47.3 Å². The van der Waals surface area contributed by atoms with E-state index >= 15 is 0 Å². The zero-order valence-electron chi connectivity index (χ0n) is 29.1. The number of ether oxygens (including phenoxy) is 2. The molecule has 1 aromatic carbocycles. The third-order valence-electron chi connectivity index (χ3n) is 9.99. The topological polar surface area (TPSA) is 181 Å². The summed E-state index contributed by atoms with van der Waals surface area (Å²) in [5.74, 6) is -3.06. The van der Waals surface area contributed by atoms with Crippen LogP contribution >= 0.6 is 0 Å². The fourth-order valence-electron chi connectivity index (χ4n) is 7.02. The number of nitrogens with zero attached hydrogens (tertiary/aromatic N) is 2. The monoisotopic (exact) mass is 731 g/mol. The van der Waals surface area contributed by atoms with Crippen LogP contribution in [-0.2, 0) is 47.0 Å². The quantitative estimate of drug-likeness (QED) is 0.384. The van der Waals surface area contributed by atoms with Gasteiger partial charge in [-0.1, -0.05) is 37.1 Å². The lowest BCUT2D eigenvalue weighted by molar-refractivity contribution is -0.141. The Morgan fingerprint density at radius 2 is 1.82 bits per heavy atom. The highest BCUT2D eigenvalue weighted by molar-refractivity contribution is 7.91. The summed E-state index contributed by atoms with van der Waals surface area (Å²) >= 11 is 0. The fraction of sp³-hybridized carbons (Fsp3) is 0.629. The van der Waals surface area contributed by atoms with Gasteiger partial charge in [0, 0.05) is 24.4 Å². The summed E-state index contributed by atoms with van der Waals surface area (Å²) in [6.07, 6.45) is 5.10. The number of sulfonamides is 1. The Morgan fingerprint density at radius 1 is 1.06 bits per heavy atom. The average Bonchev–Trinajstić information content (AvgIpc) is 3.93. The van der Waals surface area contributed by atoms with Crippen molar-refractivity contribution in [1.29, 1.82) is 0 Å². The fourth-order valence-corrected chi connectivity index (χ4v) is 8.39. The number of halogens is 1. The molecule has 16 heteroatoms. The van der Waals surface area contributed by atoms with Gasteiger partial charge in [-0.05, 0) is 70.9 Å². The van der Waals surface area contributed by atoms with E-state index < -0.39 is 86.2 Å². The Balaban J connectivity index is 1.25. The molecular formula is C35H46FN5O9S. The average molecular weight is 732 g/mol. The summed E-state index contributed by atoms with van der Waals surface area (Å²) in [7, 11) is -3.92. The minimum Gasteiger partial charge on any atom is -0.444 e. The third-order valence-corrected chi connectivity index (χ3v) is 11.8. The molecule has 2 aliphatic carbocycles. The van der Waals surface area contributed by atoms with Gasteiger partial charge in [-0.3, -0.25) is 24.0 Å². The van der Waals surface area contributed by atoms with Crippen LogP contribution in [0.2, 0.25) is 0 Å². The first kappa shape index (κ1) is 36.6. The van der Waals surface area contributed by atoms with E-state index in [2.05, 4.69) is 15.4 Å². The maximum absolute atomic E-state index is 14.4. The molecule has 3 aliphatic heterocycles. The van der Waals surface area contributed by atoms with Crippen LogP contribution in [0.15, 0.2) is 30.4 Å². The molecule has 5 atom stereocenters. The predicted octanol–water partition coefficient (Wildman–Crippen LogP) is 3.14. The van der Waals surface area contributed by atoms with Crippen LogP contribution in [0.4, 0.5) is 14.0 Å². The lowest BCUT2D eigenvalue weighted by atomic mass is 10.0. The molecule has 14 nitrogen and oxygen atoms in total. The van der Waals surface area contributed by atoms with E-state index in [9.17, 15) is 36.8 Å². The first-order valence-corrected chi connectivity index (χ1v) is 19.2. The first-order valence-electron chi connectivity index (χ1n) is 17.6. The zero-order chi connectivity index (χ0) is 36.7. The molecule has 51 heavy (non-hydrogen) atoms. The largest absolute Gasteiger partial charge is 0.444 e. The van der Waals surface area contributed by atoms with Crippen molar-refractivity contribution >= 4 is 39.9 Å². The van der Waals surface area contributed by atoms with Crippen molar-refractivity contribution in [2.45, 2.75) is 126 Å². The van der Waals surface area contributed by atoms with Crippen molar-refractivity contribution < 1.29 is 46.3 Å². The molecule has 5 aliphatic rings. The summed E-state index contributed by atoms with van der Waals surface area (Å²) < 4.78 is 53.3. The van der Waals surface area contributed by atoms with Crippen LogP contribution in [0.1, 0.15) is 89.7 Å². The van der Waals surface area contributed by atoms with Gasteiger partial charge in [-0.25, -0.2) is 22.4 Å². The number of benzene rings is 1. The maximum atomic E-state index is 14.4. The van der Waals surface area contributed by atoms with Gasteiger partial charge in [0.25, 0.3) is 5.91 Å². The van der Waals surface area contributed by atoms with E-state index in [1.54, 1.807) is 32.9 Å². The van der Waals surface area contributed by atoms with Crippen molar-refractivity contribution in [3.63, 3.8) is 0 Å². The lowest BCUT2D eigenvalue weighted by Gasteiger charge is -2.30. The number of allylic oxidation sites excluding steroid dienone is 1. The van der Waals surface area contributed by atoms with E-state index in [0.717, 1.165) is 12.8 Å². The smallest absolute Gasteiger partial charge is 0.410 e. The van der Waals surface area contributed by atoms with Crippen LogP contribution in [0.25, 0.3) is 0 Å². The molecule has 0 radical (unpaired) electrons. The van der Waals surface area contributed by atoms with E-state index in [1.165, 1.54) is 15.9 Å². The number of hydrogen-bond acceptors (Lipinski definition) is 9. The Labute approximate surface area is 296 Å². The molecule has 0 bridgehead atoms. The van der Waals surface area contributed by atoms with Crippen molar-refractivity contribution in [2.24, 2.45) is 5.92 Å². The number of alkyl carbamates (subject to hydrolysis) is 1. The summed E-state index contributed by atoms with van der Waals surface area (Å²) in [6, 6.07) is 2.30. The Kier molecular flexibility index (Phi) is 10.1. The molecule has 6 rings (SSSR count). The molecular weight excluding hydrogens is 685 g/mol. The number of fused-ring (bicyclic) bond motifs is 3. The molecule has 3 N–H and O–H groups in total. The zero-order valence-corrected chi connectivity index (χ0v) is 29.9. The Morgan fingerprint density at radius 3 is 2.53 bits per heavy atom. The second-order valence-corrected chi connectivity index (χ2v) is 17.2. The SMILES string of the molecule is CC(C)(C)OC(=O)NC1CCCCCC=C[C@@H]2C[C@@]2(C(=O)NS(=O)(=O)C2CC2)NC(=O)[C@@H]2C[C@@H](OC(=O)N3Cc4cccc(F)c4C3)CN2C1=O. The van der Waals surface area contributed by atoms with Gasteiger partial charge in [-0.2, -0.15) is 0 Å². The lowest BCUT2D eigenvalue weighted by Crippen LogP contribution is -2.58. The summed E-state index contributed by atoms with van der Waals surface area (Å²) in [4.78, 5) is 70.8. The van der Waals surface area contributed by atoms with Crippen LogP contribution in [0.5, 0.6) is 0 Å². The van der Waals surface area contributed by atoms with Crippen molar-refractivity contribution in [1.82, 2.24) is 25.2 Å². The Hall–Kier alpha value is -4.21. The molecule has 1 unspecified atom stereocenters. The van der Waals surface area contributed by atoms with E-state index in [0.29, 0.717) is 36.8 Å². The summed E-state index contributed by atoms with van der Waals surface area (Å²) in [5.41, 5.74) is -1.36. The van der Waals surface area contributed by atoms with Gasteiger partial charge >= 0.3 is 12.2 Å². The van der Waals surface area contributed by atoms with Crippen LogP contribution < -0.4 is 15.4 Å². The molecule has 1 aromatic rings. The van der Waals surface area contributed by atoms with Gasteiger partial charge in [0.15, 0.2) is 0 Å². The number of rotatable bonds is 5. The van der Waals surface area contributed by atoms with Gasteiger partial charge in [0.2, 0.25) is 21.8 Å². The van der Waals surface area contributed by atoms with E-state index in [-0.39, 0.29) is 38.9 Å². The third kappa shape index (κ3) is 8.31. The van der Waals surface area contributed by atoms with Crippen molar-refractivity contribution in [3.8, 4) is 0 Å². The minimum atomic E-state index is -3.92. The standard InChI is InChI=1S/C35H46FN5O9S/c1-34(2,3)50-32(45)37-27-13-8-6-4-5-7-11-22-17-35(22,31(44)39-51(47,48)24-14-15-24)38-29(42)28-16-23(19-41(28)30(27)43)49-33(46)40-18-21-10-9-12-26(36)25(21)20-40/h7,9-12,22-24,27-28H,4-6,8,13-20H2,1-3H3,(H,37,45)(H,38,42)(H,39,44)/t22-,23-,27?,28+,35-/m1/s1. The van der Waals surface area contributed by atoms with Crippen LogP contribution in [0, 0.1) is 11.7 Å². The highest BCUT2D eigenvalue weighted by Gasteiger charge is 2.62. The highest BCUT2D eigenvalue weighted by atomic mass is 32.2. The molecule has 278 valence electrons. The molecule has 1 saturated heterocycles. The second-order valence-electron chi connectivity index (χ2n) is 15.2. The molecule has 5 amide bonds. The number of carbonyl (C=O) groups is 5. The summed E-state index contributed by atoms with van der Waals surface area (Å²) in [5, 5.41) is 4.79. The van der Waals surface area contributed by atoms with Crippen LogP contribution in [0.3, 0.4) is 0 Å². The van der Waals surface area contributed by atoms with Gasteiger partial charge < -0.3 is 25.0 Å². The van der Waals surface area contributed by atoms with E-state index in [1.807, 2.05) is 12.2 Å². The first-order chi connectivity index (χ1) is 24.1. The molecule has 3 heterocycles. The second kappa shape index (κ2) is 14.1. The number of amides is 5. The number of carbonyl (C=O) groups excluding carboxylic acids is 5. The van der Waals surface area contributed by atoms with Crippen LogP contribution in [-0.4, -0.2) is 89.2 Å². The minimum absolute atomic E-state index is 0.00168. The van der Waals surface area contributed by atoms with Gasteiger partial charge in [-0.15, -0.1) is 0 Å². The molecule has 0 aromatic heterocycles. The normalized spacial score (nSPS) is 28.3. The number of hydrogen-bond donors (Lipinski definition) is 3. The number of nitrogens with one attached hydrogen (secondary N) is 3. The molecule has 0 spiro atoms. The molecule has 2 saturated carbocycles. The van der Waals surface area contributed by atoms with Gasteiger partial charge in [0.05, 0.1) is 18.3 Å². The van der Waals surface area contributed by atoms with E-state index in [4.69, 9.17) is 9.47 Å². The maximum Gasteiger partial charge on any atom is 0.410 e. The summed E-state index contributed by atoms with van der Waals surface area (Å²) in [6.45, 7) is 5.01. The molecule has 3 fully saturated rings. The highest BCUT2D eigenvalue weighted by Crippen LogP contribution is 2.46. The van der Waals surface area contributed by atoms with Crippen molar-refractivity contribution in [2.75, 3.05) is 6.54 Å². The Bertz CT molecular complexity index is 1730.